The molecule has 184 valence electrons. The number of hydrogen-bond acceptors (Lipinski definition) is 6. The summed E-state index contributed by atoms with van der Waals surface area (Å²) in [6, 6.07) is 23.4. The first-order valence-electron chi connectivity index (χ1n) is 11.7. The minimum atomic E-state index is -0.767. The van der Waals surface area contributed by atoms with Crippen molar-refractivity contribution in [2.45, 2.75) is 26.2 Å². The molecule has 7 heteroatoms. The van der Waals surface area contributed by atoms with Crippen LogP contribution in [0.3, 0.4) is 0 Å². The van der Waals surface area contributed by atoms with Crippen LogP contribution in [0.1, 0.15) is 41.3 Å². The molecule has 0 atom stereocenters. The molecular formula is C29H27NO6. The van der Waals surface area contributed by atoms with Crippen molar-refractivity contribution in [1.82, 2.24) is 5.32 Å². The van der Waals surface area contributed by atoms with Crippen LogP contribution < -0.4 is 20.4 Å². The van der Waals surface area contributed by atoms with E-state index in [4.69, 9.17) is 13.9 Å². The van der Waals surface area contributed by atoms with E-state index in [-0.39, 0.29) is 23.5 Å². The zero-order chi connectivity index (χ0) is 25.5. The summed E-state index contributed by atoms with van der Waals surface area (Å²) in [7, 11) is 0. The third-order valence-corrected chi connectivity index (χ3v) is 5.61. The van der Waals surface area contributed by atoms with Crippen LogP contribution in [-0.4, -0.2) is 25.0 Å². The maximum atomic E-state index is 12.5. The molecule has 0 aliphatic rings. The second kappa shape index (κ2) is 11.4. The quantitative estimate of drug-likeness (QED) is 0.206. The fourth-order valence-electron chi connectivity index (χ4n) is 3.64. The zero-order valence-electron chi connectivity index (χ0n) is 20.2. The molecule has 3 aromatic carbocycles. The van der Waals surface area contributed by atoms with Gasteiger partial charge >= 0.3 is 11.6 Å². The predicted octanol–water partition coefficient (Wildman–Crippen LogP) is 4.87. The largest absolute Gasteiger partial charge is 0.482 e. The molecule has 1 heterocycles. The van der Waals surface area contributed by atoms with Crippen LogP contribution in [0, 0.1) is 0 Å². The molecule has 0 fully saturated rings. The number of amides is 1. The van der Waals surface area contributed by atoms with Crippen LogP contribution in [0.15, 0.2) is 88.1 Å². The normalized spacial score (nSPS) is 10.9. The highest BCUT2D eigenvalue weighted by Crippen LogP contribution is 2.22. The lowest BCUT2D eigenvalue weighted by Crippen LogP contribution is -2.29. The first-order valence-corrected chi connectivity index (χ1v) is 11.7. The topological polar surface area (TPSA) is 94.8 Å². The molecule has 7 nitrogen and oxygen atoms in total. The van der Waals surface area contributed by atoms with Gasteiger partial charge in [-0.05, 0) is 53.8 Å². The monoisotopic (exact) mass is 485 g/mol. The summed E-state index contributed by atoms with van der Waals surface area (Å²) in [6.07, 6.45) is 0.646. The highest BCUT2D eigenvalue weighted by Gasteiger charge is 2.15. The highest BCUT2D eigenvalue weighted by molar-refractivity contribution is 5.96. The van der Waals surface area contributed by atoms with Gasteiger partial charge in [-0.1, -0.05) is 56.3 Å². The van der Waals surface area contributed by atoms with Gasteiger partial charge in [-0.25, -0.2) is 9.59 Å². The minimum Gasteiger partial charge on any atom is -0.482 e. The van der Waals surface area contributed by atoms with Crippen molar-refractivity contribution in [3.05, 3.63) is 106 Å². The number of nitrogens with one attached hydrogen (secondary N) is 1. The predicted molar refractivity (Wildman–Crippen MR) is 137 cm³/mol. The number of carbonyl (C=O) groups is 2. The number of fused-ring (bicyclic) bond motifs is 1. The van der Waals surface area contributed by atoms with Gasteiger partial charge in [0.25, 0.3) is 5.91 Å². The summed E-state index contributed by atoms with van der Waals surface area (Å²) in [5.41, 5.74) is 1.54. The molecule has 0 aliphatic carbocycles. The fourth-order valence-corrected chi connectivity index (χ4v) is 3.64. The molecule has 0 saturated heterocycles. The summed E-state index contributed by atoms with van der Waals surface area (Å²) < 4.78 is 16.2. The van der Waals surface area contributed by atoms with Crippen LogP contribution >= 0.6 is 0 Å². The number of hydrogen-bond donors (Lipinski definition) is 1. The molecule has 4 rings (SSSR count). The van der Waals surface area contributed by atoms with Crippen LogP contribution in [0.25, 0.3) is 11.0 Å². The molecule has 36 heavy (non-hydrogen) atoms. The van der Waals surface area contributed by atoms with Crippen LogP contribution in [0.2, 0.25) is 0 Å². The molecule has 4 aromatic rings. The second-order valence-corrected chi connectivity index (χ2v) is 8.63. The van der Waals surface area contributed by atoms with Gasteiger partial charge in [0.1, 0.15) is 22.6 Å². The van der Waals surface area contributed by atoms with Crippen molar-refractivity contribution in [2.75, 3.05) is 13.2 Å². The molecule has 1 N–H and O–H groups in total. The number of benzene rings is 3. The summed E-state index contributed by atoms with van der Waals surface area (Å²) in [4.78, 5) is 37.2. The zero-order valence-corrected chi connectivity index (χ0v) is 20.2. The summed E-state index contributed by atoms with van der Waals surface area (Å²) in [6.45, 7) is 4.27. The Bertz CT molecular complexity index is 1420. The molecule has 0 saturated carbocycles. The molecule has 1 aromatic heterocycles. The Morgan fingerprint density at radius 3 is 2.50 bits per heavy atom. The Hall–Kier alpha value is -4.39. The van der Waals surface area contributed by atoms with E-state index in [1.165, 1.54) is 12.1 Å². The Balaban J connectivity index is 1.37. The maximum absolute atomic E-state index is 12.5. The third kappa shape index (κ3) is 6.39. The van der Waals surface area contributed by atoms with E-state index in [0.717, 1.165) is 11.1 Å². The lowest BCUT2D eigenvalue weighted by Gasteiger charge is -2.10. The first-order chi connectivity index (χ1) is 17.4. The fraction of sp³-hybridized carbons (Fsp3) is 0.207. The number of esters is 1. The van der Waals surface area contributed by atoms with Crippen molar-refractivity contribution in [1.29, 1.82) is 0 Å². The van der Waals surface area contributed by atoms with E-state index in [2.05, 4.69) is 19.2 Å². The van der Waals surface area contributed by atoms with E-state index in [1.54, 1.807) is 18.2 Å². The average molecular weight is 486 g/mol. The van der Waals surface area contributed by atoms with Crippen LogP contribution in [0.4, 0.5) is 0 Å². The van der Waals surface area contributed by atoms with Gasteiger partial charge in [-0.3, -0.25) is 4.79 Å². The number of carbonyl (C=O) groups excluding carboxylic acids is 2. The Kier molecular flexibility index (Phi) is 7.80. The summed E-state index contributed by atoms with van der Waals surface area (Å²) >= 11 is 0. The maximum Gasteiger partial charge on any atom is 0.349 e. The molecule has 0 unspecified atom stereocenters. The van der Waals surface area contributed by atoms with Gasteiger partial charge < -0.3 is 19.2 Å². The number of ether oxygens (including phenoxy) is 2. The van der Waals surface area contributed by atoms with Crippen molar-refractivity contribution < 1.29 is 23.5 Å². The smallest absolute Gasteiger partial charge is 0.349 e. The van der Waals surface area contributed by atoms with Crippen LogP contribution in [0.5, 0.6) is 11.5 Å². The lowest BCUT2D eigenvalue weighted by molar-refractivity contribution is -0.136. The summed E-state index contributed by atoms with van der Waals surface area (Å²) in [5, 5.41) is 3.28. The van der Waals surface area contributed by atoms with E-state index in [1.807, 2.05) is 48.5 Å². The van der Waals surface area contributed by atoms with Gasteiger partial charge in [0.15, 0.2) is 6.61 Å². The number of rotatable bonds is 9. The van der Waals surface area contributed by atoms with Crippen molar-refractivity contribution in [2.24, 2.45) is 0 Å². The molecular weight excluding hydrogens is 458 g/mol. The Morgan fingerprint density at radius 2 is 1.72 bits per heavy atom. The van der Waals surface area contributed by atoms with E-state index in [9.17, 15) is 14.4 Å². The van der Waals surface area contributed by atoms with Crippen molar-refractivity contribution >= 4 is 22.8 Å². The van der Waals surface area contributed by atoms with Gasteiger partial charge in [-0.15, -0.1) is 0 Å². The van der Waals surface area contributed by atoms with Gasteiger partial charge in [-0.2, -0.15) is 0 Å². The average Bonchev–Trinajstić information content (AvgIpc) is 2.87. The summed E-state index contributed by atoms with van der Waals surface area (Å²) in [5.74, 6) is 0.0259. The van der Waals surface area contributed by atoms with Gasteiger partial charge in [0.05, 0.1) is 0 Å². The minimum absolute atomic E-state index is 0.0858. The van der Waals surface area contributed by atoms with E-state index < -0.39 is 17.5 Å². The van der Waals surface area contributed by atoms with E-state index >= 15 is 0 Å². The SMILES string of the molecule is CC(C)c1cccc(OCC(=O)Oc2ccc3cc(C(=O)NCCc4ccccc4)c(=O)oc3c2)c1. The standard InChI is InChI=1S/C29H27NO6/c1-19(2)21-9-6-10-23(15-21)34-18-27(31)35-24-12-11-22-16-25(29(33)36-26(22)17-24)28(32)30-14-13-20-7-4-3-5-8-20/h3-12,15-17,19H,13-14,18H2,1-2H3,(H,30,32). The van der Waals surface area contributed by atoms with Gasteiger partial charge in [0, 0.05) is 18.0 Å². The first kappa shape index (κ1) is 24.7. The molecule has 0 aliphatic heterocycles. The highest BCUT2D eigenvalue weighted by atomic mass is 16.6. The second-order valence-electron chi connectivity index (χ2n) is 8.63. The van der Waals surface area contributed by atoms with Crippen molar-refractivity contribution in [3.8, 4) is 11.5 Å². The lowest BCUT2D eigenvalue weighted by atomic mass is 10.0. The van der Waals surface area contributed by atoms with Gasteiger partial charge in [0.2, 0.25) is 0 Å². The molecule has 0 radical (unpaired) electrons. The van der Waals surface area contributed by atoms with Crippen LogP contribution in [-0.2, 0) is 11.2 Å². The Morgan fingerprint density at radius 1 is 0.917 bits per heavy atom. The Labute approximate surface area is 208 Å². The molecule has 1 amide bonds. The molecule has 0 bridgehead atoms. The molecule has 0 spiro atoms. The third-order valence-electron chi connectivity index (χ3n) is 5.61. The van der Waals surface area contributed by atoms with Crippen molar-refractivity contribution in [3.63, 3.8) is 0 Å². The van der Waals surface area contributed by atoms with E-state index in [0.29, 0.717) is 30.0 Å².